The summed E-state index contributed by atoms with van der Waals surface area (Å²) in [6.45, 7) is 2.67. The second-order valence-electron chi connectivity index (χ2n) is 7.21. The average molecular weight is 386 g/mol. The Hall–Kier alpha value is -2.67. The summed E-state index contributed by atoms with van der Waals surface area (Å²) < 4.78 is 5.63. The lowest BCUT2D eigenvalue weighted by Crippen LogP contribution is -2.41. The van der Waals surface area contributed by atoms with Crippen molar-refractivity contribution >= 4 is 23.9 Å². The number of nitrogens with zero attached hydrogens (tertiary/aromatic N) is 2. The molecule has 2 amide bonds. The Labute approximate surface area is 164 Å². The molecule has 0 radical (unpaired) electrons. The first-order valence-electron chi connectivity index (χ1n) is 9.63. The van der Waals surface area contributed by atoms with Gasteiger partial charge in [0.05, 0.1) is 25.0 Å². The number of hydrogen-bond acceptors (Lipinski definition) is 4. The largest absolute Gasteiger partial charge is 0.481 e. The van der Waals surface area contributed by atoms with E-state index in [9.17, 15) is 14.4 Å². The lowest BCUT2D eigenvalue weighted by Gasteiger charge is -2.34. The van der Waals surface area contributed by atoms with Crippen LogP contribution in [0.4, 0.5) is 0 Å². The summed E-state index contributed by atoms with van der Waals surface area (Å²) in [4.78, 5) is 39.4. The van der Waals surface area contributed by atoms with E-state index in [-0.39, 0.29) is 37.3 Å². The molecular weight excluding hydrogens is 360 g/mol. The minimum Gasteiger partial charge on any atom is -0.481 e. The molecule has 1 fully saturated rings. The molecule has 28 heavy (non-hydrogen) atoms. The van der Waals surface area contributed by atoms with Gasteiger partial charge in [0.2, 0.25) is 11.8 Å². The zero-order valence-electron chi connectivity index (χ0n) is 16.0. The summed E-state index contributed by atoms with van der Waals surface area (Å²) in [7, 11) is 0. The topological polar surface area (TPSA) is 87.2 Å². The van der Waals surface area contributed by atoms with Gasteiger partial charge in [0.25, 0.3) is 0 Å². The number of amides is 2. The first-order chi connectivity index (χ1) is 13.5. The highest BCUT2D eigenvalue weighted by Crippen LogP contribution is 2.33. The summed E-state index contributed by atoms with van der Waals surface area (Å²) in [6, 6.07) is 7.29. The van der Waals surface area contributed by atoms with E-state index in [0.29, 0.717) is 13.2 Å². The molecule has 0 spiro atoms. The van der Waals surface area contributed by atoms with Gasteiger partial charge in [0.15, 0.2) is 0 Å². The van der Waals surface area contributed by atoms with Crippen molar-refractivity contribution in [3.8, 4) is 0 Å². The van der Waals surface area contributed by atoms with E-state index in [1.165, 1.54) is 6.92 Å². The maximum absolute atomic E-state index is 13.1. The Morgan fingerprint density at radius 1 is 1.29 bits per heavy atom. The fourth-order valence-electron chi connectivity index (χ4n) is 3.79. The zero-order valence-corrected chi connectivity index (χ0v) is 16.0. The van der Waals surface area contributed by atoms with E-state index in [0.717, 1.165) is 24.0 Å². The van der Waals surface area contributed by atoms with Gasteiger partial charge in [-0.1, -0.05) is 24.3 Å². The van der Waals surface area contributed by atoms with E-state index in [1.54, 1.807) is 16.0 Å². The number of ether oxygens (including phenoxy) is 1. The highest BCUT2D eigenvalue weighted by molar-refractivity contribution is 5.82. The SMILES string of the molecule is CC(=O)N1C=Cc2ccccc2[C@@H]1CC(=O)N(CCC(=O)O)C[C@H]1CCCO1. The molecule has 1 saturated heterocycles. The van der Waals surface area contributed by atoms with Gasteiger partial charge in [-0.05, 0) is 30.0 Å². The molecular formula is C21H26N2O5. The second-order valence-corrected chi connectivity index (χ2v) is 7.21. The number of benzene rings is 1. The lowest BCUT2D eigenvalue weighted by atomic mass is 9.93. The number of hydrogen-bond donors (Lipinski definition) is 1. The Morgan fingerprint density at radius 3 is 2.75 bits per heavy atom. The van der Waals surface area contributed by atoms with Crippen LogP contribution in [0, 0.1) is 0 Å². The van der Waals surface area contributed by atoms with Crippen molar-refractivity contribution in [2.75, 3.05) is 19.7 Å². The first-order valence-corrected chi connectivity index (χ1v) is 9.63. The molecule has 1 aromatic rings. The van der Waals surface area contributed by atoms with Gasteiger partial charge in [0.1, 0.15) is 0 Å². The fraction of sp³-hybridized carbons (Fsp3) is 0.476. The number of carbonyl (C=O) groups excluding carboxylic acids is 2. The van der Waals surface area contributed by atoms with Crippen molar-refractivity contribution in [2.45, 2.75) is 44.8 Å². The molecule has 0 aliphatic carbocycles. The monoisotopic (exact) mass is 386 g/mol. The van der Waals surface area contributed by atoms with Crippen LogP contribution in [0.25, 0.3) is 6.08 Å². The van der Waals surface area contributed by atoms with Crippen molar-refractivity contribution in [3.05, 3.63) is 41.6 Å². The molecule has 2 atom stereocenters. The zero-order chi connectivity index (χ0) is 20.1. The summed E-state index contributed by atoms with van der Waals surface area (Å²) in [5, 5.41) is 9.04. The quantitative estimate of drug-likeness (QED) is 0.778. The normalized spacial score (nSPS) is 20.7. The summed E-state index contributed by atoms with van der Waals surface area (Å²) in [5.41, 5.74) is 1.90. The Balaban J connectivity index is 1.78. The third kappa shape index (κ3) is 4.78. The number of carbonyl (C=O) groups is 3. The standard InChI is InChI=1S/C21H26N2O5/c1-15(24)23-11-8-16-5-2-3-7-18(16)19(23)13-20(25)22(10-9-21(26)27)14-17-6-4-12-28-17/h2-3,5,7-8,11,17,19H,4,6,9-10,12-14H2,1H3,(H,26,27)/t17-,19+/m1/s1. The summed E-state index contributed by atoms with van der Waals surface area (Å²) >= 11 is 0. The van der Waals surface area contributed by atoms with Crippen LogP contribution in [-0.2, 0) is 19.1 Å². The van der Waals surface area contributed by atoms with Gasteiger partial charge >= 0.3 is 5.97 Å². The van der Waals surface area contributed by atoms with E-state index in [1.807, 2.05) is 30.3 Å². The van der Waals surface area contributed by atoms with E-state index >= 15 is 0 Å². The molecule has 2 aliphatic rings. The summed E-state index contributed by atoms with van der Waals surface area (Å²) in [5.74, 6) is -1.25. The van der Waals surface area contributed by atoms with Gasteiger partial charge in [-0.3, -0.25) is 14.4 Å². The molecule has 1 aromatic carbocycles. The molecule has 150 valence electrons. The molecule has 0 bridgehead atoms. The van der Waals surface area contributed by atoms with Crippen molar-refractivity contribution in [1.82, 2.24) is 9.80 Å². The van der Waals surface area contributed by atoms with Crippen molar-refractivity contribution < 1.29 is 24.2 Å². The van der Waals surface area contributed by atoms with E-state index < -0.39 is 12.0 Å². The Bertz CT molecular complexity index is 770. The van der Waals surface area contributed by atoms with Crippen LogP contribution in [0.15, 0.2) is 30.5 Å². The smallest absolute Gasteiger partial charge is 0.305 e. The van der Waals surface area contributed by atoms with Gasteiger partial charge < -0.3 is 19.6 Å². The molecule has 2 aliphatic heterocycles. The highest BCUT2D eigenvalue weighted by atomic mass is 16.5. The molecule has 0 saturated carbocycles. The van der Waals surface area contributed by atoms with E-state index in [2.05, 4.69) is 0 Å². The van der Waals surface area contributed by atoms with Crippen LogP contribution in [0.5, 0.6) is 0 Å². The predicted molar refractivity (Wildman–Crippen MR) is 103 cm³/mol. The van der Waals surface area contributed by atoms with Crippen molar-refractivity contribution in [1.29, 1.82) is 0 Å². The molecule has 3 rings (SSSR count). The van der Waals surface area contributed by atoms with Crippen molar-refractivity contribution in [2.24, 2.45) is 0 Å². The average Bonchev–Trinajstić information content (AvgIpc) is 3.18. The van der Waals surface area contributed by atoms with Crippen LogP contribution in [0.2, 0.25) is 0 Å². The van der Waals surface area contributed by atoms with E-state index in [4.69, 9.17) is 9.84 Å². The molecule has 1 N–H and O–H groups in total. The second kappa shape index (κ2) is 9.01. The maximum atomic E-state index is 13.1. The highest BCUT2D eigenvalue weighted by Gasteiger charge is 2.31. The number of rotatable bonds is 7. The molecule has 7 nitrogen and oxygen atoms in total. The number of carboxylic acid groups (broad SMARTS) is 1. The maximum Gasteiger partial charge on any atom is 0.305 e. The van der Waals surface area contributed by atoms with Crippen molar-refractivity contribution in [3.63, 3.8) is 0 Å². The minimum absolute atomic E-state index is 0.0554. The van der Waals surface area contributed by atoms with Gasteiger partial charge in [-0.2, -0.15) is 0 Å². The fourth-order valence-corrected chi connectivity index (χ4v) is 3.79. The number of aliphatic carboxylic acids is 1. The number of carboxylic acids is 1. The van der Waals surface area contributed by atoms with Gasteiger partial charge in [-0.15, -0.1) is 0 Å². The first kappa shape index (κ1) is 20.1. The number of fused-ring (bicyclic) bond motifs is 1. The van der Waals surface area contributed by atoms with Gasteiger partial charge in [0, 0.05) is 32.8 Å². The van der Waals surface area contributed by atoms with Gasteiger partial charge in [-0.25, -0.2) is 0 Å². The summed E-state index contributed by atoms with van der Waals surface area (Å²) in [6.07, 6.45) is 5.33. The molecule has 0 aromatic heterocycles. The minimum atomic E-state index is -0.943. The van der Waals surface area contributed by atoms with Crippen LogP contribution in [0.1, 0.15) is 49.8 Å². The van der Waals surface area contributed by atoms with Crippen LogP contribution in [-0.4, -0.2) is 58.5 Å². The van der Waals surface area contributed by atoms with Crippen LogP contribution >= 0.6 is 0 Å². The lowest BCUT2D eigenvalue weighted by molar-refractivity contribution is -0.139. The third-order valence-electron chi connectivity index (χ3n) is 5.23. The molecule has 0 unspecified atom stereocenters. The van der Waals surface area contributed by atoms with Crippen LogP contribution in [0.3, 0.4) is 0 Å². The third-order valence-corrected chi connectivity index (χ3v) is 5.23. The Morgan fingerprint density at radius 2 is 2.07 bits per heavy atom. The Kier molecular flexibility index (Phi) is 6.46. The molecule has 7 heteroatoms. The molecule has 2 heterocycles. The van der Waals surface area contributed by atoms with Crippen LogP contribution < -0.4 is 0 Å². The predicted octanol–water partition coefficient (Wildman–Crippen LogP) is 2.43.